The van der Waals surface area contributed by atoms with Crippen molar-refractivity contribution in [3.05, 3.63) is 29.8 Å². The van der Waals surface area contributed by atoms with Crippen LogP contribution in [0.4, 0.5) is 0 Å². The van der Waals surface area contributed by atoms with E-state index in [9.17, 15) is 10.2 Å². The smallest absolute Gasteiger partial charge is 0.123 e. The Morgan fingerprint density at radius 1 is 1.22 bits per heavy atom. The van der Waals surface area contributed by atoms with Crippen molar-refractivity contribution < 1.29 is 14.9 Å². The number of nitrogens with zero attached hydrogens (tertiary/aromatic N) is 1. The van der Waals surface area contributed by atoms with Gasteiger partial charge in [0.2, 0.25) is 0 Å². The number of ether oxygens (including phenoxy) is 1. The molecule has 0 saturated carbocycles. The van der Waals surface area contributed by atoms with Crippen molar-refractivity contribution in [3.63, 3.8) is 0 Å². The molecule has 1 aromatic carbocycles. The molecule has 130 valence electrons. The highest BCUT2D eigenvalue weighted by molar-refractivity contribution is 5.38. The van der Waals surface area contributed by atoms with E-state index < -0.39 is 6.10 Å². The molecular weight excluding hydrogens is 290 g/mol. The van der Waals surface area contributed by atoms with E-state index in [1.165, 1.54) is 0 Å². The van der Waals surface area contributed by atoms with Crippen LogP contribution in [0.15, 0.2) is 24.3 Å². The molecule has 1 aromatic rings. The van der Waals surface area contributed by atoms with Crippen molar-refractivity contribution in [1.29, 1.82) is 0 Å². The van der Waals surface area contributed by atoms with Crippen molar-refractivity contribution >= 4 is 0 Å². The number of hydrogen-bond acceptors (Lipinski definition) is 4. The highest BCUT2D eigenvalue weighted by Gasteiger charge is 2.22. The molecule has 23 heavy (non-hydrogen) atoms. The Bertz CT molecular complexity index is 476. The van der Waals surface area contributed by atoms with Crippen molar-refractivity contribution in [2.24, 2.45) is 5.92 Å². The minimum atomic E-state index is -0.492. The van der Waals surface area contributed by atoms with Gasteiger partial charge in [-0.2, -0.15) is 0 Å². The van der Waals surface area contributed by atoms with Gasteiger partial charge in [0.05, 0.1) is 0 Å². The van der Waals surface area contributed by atoms with Crippen LogP contribution in [0.1, 0.15) is 39.2 Å². The van der Waals surface area contributed by atoms with Crippen molar-refractivity contribution in [3.8, 4) is 5.75 Å². The predicted octanol–water partition coefficient (Wildman–Crippen LogP) is 2.43. The van der Waals surface area contributed by atoms with E-state index >= 15 is 0 Å². The molecule has 1 heterocycles. The van der Waals surface area contributed by atoms with Crippen LogP contribution in [0.2, 0.25) is 0 Å². The Morgan fingerprint density at radius 3 is 2.48 bits per heavy atom. The van der Waals surface area contributed by atoms with Crippen LogP contribution in [0.3, 0.4) is 0 Å². The summed E-state index contributed by atoms with van der Waals surface area (Å²) in [6, 6.07) is 8.05. The maximum absolute atomic E-state index is 10.3. The standard InChI is InChI=1S/C19H31NO3/c1-19(2,3)17-6-4-5-7-18(17)23-14-16(22)12-20-10-8-15(13-21)9-11-20/h4-7,15-16,21-22H,8-14H2,1-3H3. The van der Waals surface area contributed by atoms with Gasteiger partial charge in [0.25, 0.3) is 0 Å². The molecule has 1 atom stereocenters. The monoisotopic (exact) mass is 321 g/mol. The van der Waals surface area contributed by atoms with Crippen LogP contribution in [0, 0.1) is 5.92 Å². The Labute approximate surface area is 140 Å². The minimum absolute atomic E-state index is 0.0216. The van der Waals surface area contributed by atoms with Gasteiger partial charge in [-0.3, -0.25) is 0 Å². The summed E-state index contributed by atoms with van der Waals surface area (Å²) < 4.78 is 5.89. The fraction of sp³-hybridized carbons (Fsp3) is 0.684. The van der Waals surface area contributed by atoms with Gasteiger partial charge in [-0.05, 0) is 48.9 Å². The van der Waals surface area contributed by atoms with Crippen molar-refractivity contribution in [2.75, 3.05) is 32.8 Å². The second kappa shape index (κ2) is 8.13. The first-order chi connectivity index (χ1) is 10.9. The Hall–Kier alpha value is -1.10. The van der Waals surface area contributed by atoms with Gasteiger partial charge in [-0.25, -0.2) is 0 Å². The van der Waals surface area contributed by atoms with Crippen LogP contribution in [-0.2, 0) is 5.41 Å². The first-order valence-corrected chi connectivity index (χ1v) is 8.63. The summed E-state index contributed by atoms with van der Waals surface area (Å²) in [7, 11) is 0. The van der Waals surface area contributed by atoms with Crippen LogP contribution < -0.4 is 4.74 Å². The van der Waals surface area contributed by atoms with Gasteiger partial charge in [0, 0.05) is 13.2 Å². The topological polar surface area (TPSA) is 52.9 Å². The maximum atomic E-state index is 10.3. The van der Waals surface area contributed by atoms with Crippen molar-refractivity contribution in [1.82, 2.24) is 4.90 Å². The highest BCUT2D eigenvalue weighted by atomic mass is 16.5. The summed E-state index contributed by atoms with van der Waals surface area (Å²) in [5.41, 5.74) is 1.18. The number of aliphatic hydroxyl groups excluding tert-OH is 2. The molecule has 2 N–H and O–H groups in total. The first kappa shape index (κ1) is 18.2. The van der Waals surface area contributed by atoms with Gasteiger partial charge in [0.1, 0.15) is 18.5 Å². The average Bonchev–Trinajstić information content (AvgIpc) is 2.53. The Balaban J connectivity index is 1.82. The lowest BCUT2D eigenvalue weighted by Gasteiger charge is -2.32. The van der Waals surface area contributed by atoms with Crippen LogP contribution in [0.5, 0.6) is 5.75 Å². The van der Waals surface area contributed by atoms with E-state index in [1.807, 2.05) is 18.2 Å². The van der Waals surface area contributed by atoms with E-state index in [0.717, 1.165) is 37.2 Å². The lowest BCUT2D eigenvalue weighted by molar-refractivity contribution is 0.0484. The zero-order chi connectivity index (χ0) is 16.9. The van der Waals surface area contributed by atoms with Gasteiger partial charge in [0.15, 0.2) is 0 Å². The molecule has 2 rings (SSSR count). The maximum Gasteiger partial charge on any atom is 0.123 e. The first-order valence-electron chi connectivity index (χ1n) is 8.63. The average molecular weight is 321 g/mol. The fourth-order valence-electron chi connectivity index (χ4n) is 3.10. The Morgan fingerprint density at radius 2 is 1.87 bits per heavy atom. The lowest BCUT2D eigenvalue weighted by atomic mass is 9.86. The summed E-state index contributed by atoms with van der Waals surface area (Å²) in [5, 5.41) is 19.4. The second-order valence-corrected chi connectivity index (χ2v) is 7.64. The number of piperidine rings is 1. The molecule has 1 aliphatic heterocycles. The van der Waals surface area contributed by atoms with E-state index in [4.69, 9.17) is 4.74 Å². The molecule has 1 aliphatic rings. The van der Waals surface area contributed by atoms with E-state index in [2.05, 4.69) is 31.7 Å². The SMILES string of the molecule is CC(C)(C)c1ccccc1OCC(O)CN1CCC(CO)CC1. The Kier molecular flexibility index (Phi) is 6.45. The number of rotatable bonds is 6. The molecule has 0 aliphatic carbocycles. The number of para-hydroxylation sites is 1. The summed E-state index contributed by atoms with van der Waals surface area (Å²) in [4.78, 5) is 2.26. The quantitative estimate of drug-likeness (QED) is 0.845. The summed E-state index contributed by atoms with van der Waals surface area (Å²) in [6.45, 7) is 9.61. The lowest BCUT2D eigenvalue weighted by Crippen LogP contribution is -2.41. The molecule has 0 radical (unpaired) electrons. The third-order valence-electron chi connectivity index (χ3n) is 4.56. The summed E-state index contributed by atoms with van der Waals surface area (Å²) in [5.74, 6) is 1.29. The number of β-amino-alcohol motifs (C(OH)–C–C–N with tert-alkyl or cyclic N) is 1. The molecule has 0 spiro atoms. The summed E-state index contributed by atoms with van der Waals surface area (Å²) >= 11 is 0. The third kappa shape index (κ3) is 5.48. The predicted molar refractivity (Wildman–Crippen MR) is 92.9 cm³/mol. The molecular formula is C19H31NO3. The molecule has 1 fully saturated rings. The third-order valence-corrected chi connectivity index (χ3v) is 4.56. The van der Waals surface area contributed by atoms with E-state index in [1.54, 1.807) is 0 Å². The molecule has 4 nitrogen and oxygen atoms in total. The van der Waals surface area contributed by atoms with Gasteiger partial charge < -0.3 is 19.8 Å². The number of aliphatic hydroxyl groups is 2. The molecule has 4 heteroatoms. The number of likely N-dealkylation sites (tertiary alicyclic amines) is 1. The zero-order valence-electron chi connectivity index (χ0n) is 14.7. The molecule has 0 bridgehead atoms. The minimum Gasteiger partial charge on any atom is -0.491 e. The van der Waals surface area contributed by atoms with Crippen LogP contribution >= 0.6 is 0 Å². The van der Waals surface area contributed by atoms with Crippen LogP contribution in [-0.4, -0.2) is 54.1 Å². The second-order valence-electron chi connectivity index (χ2n) is 7.64. The van der Waals surface area contributed by atoms with Gasteiger partial charge in [-0.15, -0.1) is 0 Å². The molecule has 0 amide bonds. The van der Waals surface area contributed by atoms with Crippen molar-refractivity contribution in [2.45, 2.75) is 45.1 Å². The van der Waals surface area contributed by atoms with Crippen LogP contribution in [0.25, 0.3) is 0 Å². The zero-order valence-corrected chi connectivity index (χ0v) is 14.7. The van der Waals surface area contributed by atoms with E-state index in [-0.39, 0.29) is 12.0 Å². The summed E-state index contributed by atoms with van der Waals surface area (Å²) in [6.07, 6.45) is 1.53. The van der Waals surface area contributed by atoms with Gasteiger partial charge in [-0.1, -0.05) is 39.0 Å². The number of benzene rings is 1. The fourth-order valence-corrected chi connectivity index (χ4v) is 3.10. The highest BCUT2D eigenvalue weighted by Crippen LogP contribution is 2.31. The largest absolute Gasteiger partial charge is 0.491 e. The molecule has 0 aromatic heterocycles. The molecule has 1 saturated heterocycles. The number of hydrogen-bond donors (Lipinski definition) is 2. The van der Waals surface area contributed by atoms with Gasteiger partial charge >= 0.3 is 0 Å². The molecule has 1 unspecified atom stereocenters. The normalized spacial score (nSPS) is 18.8. The van der Waals surface area contributed by atoms with E-state index in [0.29, 0.717) is 19.1 Å².